The third kappa shape index (κ3) is 1.44. The SMILES string of the molecule is O=C1C[C@@H]2CCCC[C@H]2c2ccc(O)cc21. The molecule has 1 saturated carbocycles. The molecular weight excluding hydrogens is 200 g/mol. The molecule has 0 aliphatic heterocycles. The van der Waals surface area contributed by atoms with Gasteiger partial charge in [0.05, 0.1) is 0 Å². The number of phenolic OH excluding ortho intramolecular Hbond substituents is 1. The van der Waals surface area contributed by atoms with E-state index in [1.165, 1.54) is 31.2 Å². The molecule has 1 N–H and O–H groups in total. The zero-order chi connectivity index (χ0) is 11.1. The van der Waals surface area contributed by atoms with Crippen molar-refractivity contribution in [2.24, 2.45) is 5.92 Å². The number of aromatic hydroxyl groups is 1. The molecular formula is C14H16O2. The maximum Gasteiger partial charge on any atom is 0.163 e. The van der Waals surface area contributed by atoms with Gasteiger partial charge >= 0.3 is 0 Å². The second-order valence-electron chi connectivity index (χ2n) is 5.05. The minimum absolute atomic E-state index is 0.210. The van der Waals surface area contributed by atoms with E-state index in [1.54, 1.807) is 12.1 Å². The van der Waals surface area contributed by atoms with Crippen molar-refractivity contribution in [3.63, 3.8) is 0 Å². The number of hydrogen-bond acceptors (Lipinski definition) is 2. The normalized spacial score (nSPS) is 28.4. The van der Waals surface area contributed by atoms with Crippen LogP contribution in [0.25, 0.3) is 0 Å². The summed E-state index contributed by atoms with van der Waals surface area (Å²) in [7, 11) is 0. The van der Waals surface area contributed by atoms with E-state index in [9.17, 15) is 9.90 Å². The molecule has 2 aliphatic rings. The predicted molar refractivity (Wildman–Crippen MR) is 61.8 cm³/mol. The number of rotatable bonds is 0. The first-order chi connectivity index (χ1) is 7.75. The summed E-state index contributed by atoms with van der Waals surface area (Å²) < 4.78 is 0. The lowest BCUT2D eigenvalue weighted by Crippen LogP contribution is -2.27. The molecule has 0 unspecified atom stereocenters. The third-order valence-electron chi connectivity index (χ3n) is 4.09. The molecule has 2 aliphatic carbocycles. The van der Waals surface area contributed by atoms with Crippen LogP contribution in [0.2, 0.25) is 0 Å². The van der Waals surface area contributed by atoms with Crippen molar-refractivity contribution in [2.75, 3.05) is 0 Å². The smallest absolute Gasteiger partial charge is 0.163 e. The minimum atomic E-state index is 0.210. The monoisotopic (exact) mass is 216 g/mol. The fourth-order valence-electron chi connectivity index (χ4n) is 3.32. The number of hydrogen-bond donors (Lipinski definition) is 1. The number of carbonyl (C=O) groups is 1. The Kier molecular flexibility index (Phi) is 2.23. The molecule has 0 radical (unpaired) electrons. The van der Waals surface area contributed by atoms with Gasteiger partial charge in [-0.2, -0.15) is 0 Å². The van der Waals surface area contributed by atoms with Gasteiger partial charge in [0, 0.05) is 12.0 Å². The lowest BCUT2D eigenvalue weighted by Gasteiger charge is -2.36. The number of carbonyl (C=O) groups excluding carboxylic acids is 1. The van der Waals surface area contributed by atoms with Crippen LogP contribution in [-0.2, 0) is 0 Å². The van der Waals surface area contributed by atoms with Crippen molar-refractivity contribution in [3.8, 4) is 5.75 Å². The largest absolute Gasteiger partial charge is 0.508 e. The zero-order valence-electron chi connectivity index (χ0n) is 9.28. The van der Waals surface area contributed by atoms with Crippen molar-refractivity contribution in [2.45, 2.75) is 38.0 Å². The van der Waals surface area contributed by atoms with Crippen LogP contribution in [0.4, 0.5) is 0 Å². The van der Waals surface area contributed by atoms with Gasteiger partial charge in [-0.15, -0.1) is 0 Å². The van der Waals surface area contributed by atoms with Crippen molar-refractivity contribution in [1.29, 1.82) is 0 Å². The molecule has 0 spiro atoms. The molecule has 1 fully saturated rings. The number of Topliss-reactive ketones (excluding diaryl/α,β-unsaturated/α-hetero) is 1. The Morgan fingerprint density at radius 1 is 1.19 bits per heavy atom. The second kappa shape index (κ2) is 3.62. The number of phenols is 1. The van der Waals surface area contributed by atoms with Gasteiger partial charge in [0.25, 0.3) is 0 Å². The van der Waals surface area contributed by atoms with E-state index in [0.717, 1.165) is 5.56 Å². The van der Waals surface area contributed by atoms with E-state index in [4.69, 9.17) is 0 Å². The van der Waals surface area contributed by atoms with Crippen LogP contribution < -0.4 is 0 Å². The quantitative estimate of drug-likeness (QED) is 0.722. The van der Waals surface area contributed by atoms with Gasteiger partial charge in [-0.3, -0.25) is 4.79 Å². The van der Waals surface area contributed by atoms with Gasteiger partial charge in [0.2, 0.25) is 0 Å². The first-order valence-electron chi connectivity index (χ1n) is 6.12. The average Bonchev–Trinajstić information content (AvgIpc) is 2.29. The van der Waals surface area contributed by atoms with Crippen LogP contribution in [0.3, 0.4) is 0 Å². The van der Waals surface area contributed by atoms with Gasteiger partial charge in [-0.25, -0.2) is 0 Å². The molecule has 1 aromatic rings. The van der Waals surface area contributed by atoms with E-state index in [0.29, 0.717) is 18.3 Å². The maximum atomic E-state index is 12.0. The molecule has 0 bridgehead atoms. The Hall–Kier alpha value is -1.31. The van der Waals surface area contributed by atoms with Crippen LogP contribution in [-0.4, -0.2) is 10.9 Å². The Balaban J connectivity index is 2.08. The van der Waals surface area contributed by atoms with Gasteiger partial charge < -0.3 is 5.11 Å². The average molecular weight is 216 g/mol. The Morgan fingerprint density at radius 3 is 2.88 bits per heavy atom. The summed E-state index contributed by atoms with van der Waals surface area (Å²) in [5.41, 5.74) is 1.95. The lowest BCUT2D eigenvalue weighted by molar-refractivity contribution is 0.0919. The van der Waals surface area contributed by atoms with E-state index in [2.05, 4.69) is 0 Å². The van der Waals surface area contributed by atoms with Gasteiger partial charge in [0.15, 0.2) is 5.78 Å². The maximum absolute atomic E-state index is 12.0. The second-order valence-corrected chi connectivity index (χ2v) is 5.05. The highest BCUT2D eigenvalue weighted by Crippen LogP contribution is 2.45. The molecule has 0 aromatic heterocycles. The Bertz CT molecular complexity index is 436. The molecule has 16 heavy (non-hydrogen) atoms. The van der Waals surface area contributed by atoms with Crippen LogP contribution in [0.1, 0.15) is 53.9 Å². The highest BCUT2D eigenvalue weighted by molar-refractivity contribution is 5.99. The first kappa shape index (κ1) is 9.88. The fraction of sp³-hybridized carbons (Fsp3) is 0.500. The molecule has 3 rings (SSSR count). The number of ketones is 1. The molecule has 84 valence electrons. The van der Waals surface area contributed by atoms with Gasteiger partial charge in [0.1, 0.15) is 5.75 Å². The summed E-state index contributed by atoms with van der Waals surface area (Å²) in [5.74, 6) is 1.54. The summed E-state index contributed by atoms with van der Waals surface area (Å²) in [5, 5.41) is 9.45. The van der Waals surface area contributed by atoms with Crippen molar-refractivity contribution < 1.29 is 9.90 Å². The van der Waals surface area contributed by atoms with E-state index < -0.39 is 0 Å². The standard InChI is InChI=1S/C14H16O2/c15-10-5-6-12-11-4-2-1-3-9(11)7-14(16)13(12)8-10/h5-6,8-9,11,15H,1-4,7H2/t9-,11+/m0/s1. The Labute approximate surface area is 95.3 Å². The topological polar surface area (TPSA) is 37.3 Å². The zero-order valence-corrected chi connectivity index (χ0v) is 9.28. The molecule has 2 nitrogen and oxygen atoms in total. The number of benzene rings is 1. The molecule has 0 amide bonds. The van der Waals surface area contributed by atoms with Crippen molar-refractivity contribution >= 4 is 5.78 Å². The van der Waals surface area contributed by atoms with Crippen molar-refractivity contribution in [3.05, 3.63) is 29.3 Å². The highest BCUT2D eigenvalue weighted by Gasteiger charge is 2.35. The van der Waals surface area contributed by atoms with Crippen molar-refractivity contribution in [1.82, 2.24) is 0 Å². The van der Waals surface area contributed by atoms with E-state index >= 15 is 0 Å². The molecule has 2 atom stereocenters. The summed E-state index contributed by atoms with van der Waals surface area (Å²) >= 11 is 0. The predicted octanol–water partition coefficient (Wildman–Crippen LogP) is 3.25. The van der Waals surface area contributed by atoms with Crippen LogP contribution in [0.15, 0.2) is 18.2 Å². The minimum Gasteiger partial charge on any atom is -0.508 e. The summed E-state index contributed by atoms with van der Waals surface area (Å²) in [4.78, 5) is 12.0. The molecule has 1 aromatic carbocycles. The molecule has 0 heterocycles. The fourth-order valence-corrected chi connectivity index (χ4v) is 3.32. The van der Waals surface area contributed by atoms with E-state index in [-0.39, 0.29) is 11.5 Å². The third-order valence-corrected chi connectivity index (χ3v) is 4.09. The lowest BCUT2D eigenvalue weighted by atomic mass is 9.68. The van der Waals surface area contributed by atoms with E-state index in [1.807, 2.05) is 6.07 Å². The first-order valence-corrected chi connectivity index (χ1v) is 6.12. The van der Waals surface area contributed by atoms with Crippen LogP contribution in [0, 0.1) is 5.92 Å². The van der Waals surface area contributed by atoms with Crippen LogP contribution in [0.5, 0.6) is 5.75 Å². The summed E-state index contributed by atoms with van der Waals surface area (Å²) in [6.07, 6.45) is 5.62. The van der Waals surface area contributed by atoms with Gasteiger partial charge in [-0.05, 0) is 42.4 Å². The summed E-state index contributed by atoms with van der Waals surface area (Å²) in [6, 6.07) is 5.30. The van der Waals surface area contributed by atoms with Crippen LogP contribution >= 0.6 is 0 Å². The Morgan fingerprint density at radius 2 is 2.00 bits per heavy atom. The number of fused-ring (bicyclic) bond motifs is 3. The summed E-state index contributed by atoms with van der Waals surface area (Å²) in [6.45, 7) is 0. The molecule has 0 saturated heterocycles. The molecule has 2 heteroatoms. The highest BCUT2D eigenvalue weighted by atomic mass is 16.3. The van der Waals surface area contributed by atoms with Gasteiger partial charge in [-0.1, -0.05) is 18.9 Å².